The van der Waals surface area contributed by atoms with E-state index in [1.165, 1.54) is 5.69 Å². The predicted molar refractivity (Wildman–Crippen MR) is 63.9 cm³/mol. The average Bonchev–Trinajstić information content (AvgIpc) is 2.59. The van der Waals surface area contributed by atoms with Crippen LogP contribution in [0, 0.1) is 6.92 Å². The van der Waals surface area contributed by atoms with Gasteiger partial charge in [0.15, 0.2) is 0 Å². The van der Waals surface area contributed by atoms with Gasteiger partial charge in [0.2, 0.25) is 0 Å². The standard InChI is InChI=1S/C12H16N4/c1-9-15-12(10-4-7-14-8-5-10)11(3-6-13)16(9)2/h4-5,7-8H,3,6,13H2,1-2H3. The maximum absolute atomic E-state index is 5.63. The summed E-state index contributed by atoms with van der Waals surface area (Å²) in [6.45, 7) is 2.64. The molecule has 0 aliphatic carbocycles. The van der Waals surface area contributed by atoms with Crippen molar-refractivity contribution in [2.24, 2.45) is 12.8 Å². The molecule has 0 atom stereocenters. The van der Waals surface area contributed by atoms with Crippen LogP contribution in [-0.2, 0) is 13.5 Å². The molecule has 0 fully saturated rings. The molecular formula is C12H16N4. The molecule has 0 unspecified atom stereocenters. The van der Waals surface area contributed by atoms with Gasteiger partial charge in [-0.25, -0.2) is 4.98 Å². The van der Waals surface area contributed by atoms with Gasteiger partial charge in [0.25, 0.3) is 0 Å². The first-order chi connectivity index (χ1) is 7.74. The Morgan fingerprint density at radius 1 is 1.31 bits per heavy atom. The van der Waals surface area contributed by atoms with Gasteiger partial charge in [-0.1, -0.05) is 0 Å². The lowest BCUT2D eigenvalue weighted by Crippen LogP contribution is -2.08. The van der Waals surface area contributed by atoms with E-state index in [-0.39, 0.29) is 0 Å². The molecule has 2 aromatic rings. The number of nitrogens with two attached hydrogens (primary N) is 1. The average molecular weight is 216 g/mol. The van der Waals surface area contributed by atoms with Gasteiger partial charge < -0.3 is 10.3 Å². The Morgan fingerprint density at radius 3 is 2.62 bits per heavy atom. The Morgan fingerprint density at radius 2 is 2.00 bits per heavy atom. The third-order valence-electron chi connectivity index (χ3n) is 2.77. The summed E-state index contributed by atoms with van der Waals surface area (Å²) in [6.07, 6.45) is 4.41. The van der Waals surface area contributed by atoms with Gasteiger partial charge in [0, 0.05) is 37.1 Å². The first kappa shape index (κ1) is 10.8. The highest BCUT2D eigenvalue weighted by molar-refractivity contribution is 5.61. The molecule has 0 aromatic carbocycles. The lowest BCUT2D eigenvalue weighted by atomic mass is 10.1. The molecule has 2 heterocycles. The SMILES string of the molecule is Cc1nc(-c2ccncc2)c(CCN)n1C. The molecule has 2 N–H and O–H groups in total. The summed E-state index contributed by atoms with van der Waals surface area (Å²) < 4.78 is 2.10. The van der Waals surface area contributed by atoms with Crippen molar-refractivity contribution in [1.82, 2.24) is 14.5 Å². The van der Waals surface area contributed by atoms with Crippen LogP contribution in [0.5, 0.6) is 0 Å². The second kappa shape index (κ2) is 4.45. The maximum Gasteiger partial charge on any atom is 0.106 e. The zero-order chi connectivity index (χ0) is 11.5. The van der Waals surface area contributed by atoms with E-state index in [1.54, 1.807) is 12.4 Å². The number of hydrogen-bond acceptors (Lipinski definition) is 3. The summed E-state index contributed by atoms with van der Waals surface area (Å²) in [5.74, 6) is 1.01. The van der Waals surface area contributed by atoms with Crippen LogP contribution in [-0.4, -0.2) is 21.1 Å². The molecule has 0 aliphatic heterocycles. The van der Waals surface area contributed by atoms with Crippen molar-refractivity contribution in [3.05, 3.63) is 36.0 Å². The smallest absolute Gasteiger partial charge is 0.106 e. The van der Waals surface area contributed by atoms with Crippen LogP contribution in [0.15, 0.2) is 24.5 Å². The summed E-state index contributed by atoms with van der Waals surface area (Å²) in [4.78, 5) is 8.60. The third-order valence-corrected chi connectivity index (χ3v) is 2.77. The topological polar surface area (TPSA) is 56.7 Å². The lowest BCUT2D eigenvalue weighted by molar-refractivity contribution is 0.778. The zero-order valence-electron chi connectivity index (χ0n) is 9.64. The minimum Gasteiger partial charge on any atom is -0.335 e. The molecule has 16 heavy (non-hydrogen) atoms. The van der Waals surface area contributed by atoms with Gasteiger partial charge >= 0.3 is 0 Å². The molecule has 0 radical (unpaired) electrons. The van der Waals surface area contributed by atoms with E-state index in [9.17, 15) is 0 Å². The highest BCUT2D eigenvalue weighted by atomic mass is 15.1. The fourth-order valence-electron chi connectivity index (χ4n) is 1.82. The van der Waals surface area contributed by atoms with Crippen LogP contribution in [0.4, 0.5) is 0 Å². The predicted octanol–water partition coefficient (Wildman–Crippen LogP) is 1.29. The van der Waals surface area contributed by atoms with E-state index in [1.807, 2.05) is 26.1 Å². The van der Waals surface area contributed by atoms with Crippen molar-refractivity contribution in [3.8, 4) is 11.3 Å². The fraction of sp³-hybridized carbons (Fsp3) is 0.333. The molecule has 0 saturated heterocycles. The summed E-state index contributed by atoms with van der Waals surface area (Å²) in [5, 5.41) is 0. The monoisotopic (exact) mass is 216 g/mol. The van der Waals surface area contributed by atoms with Crippen molar-refractivity contribution in [2.45, 2.75) is 13.3 Å². The Kier molecular flexibility index (Phi) is 3.01. The molecule has 4 nitrogen and oxygen atoms in total. The summed E-state index contributed by atoms with van der Waals surface area (Å²) in [5.41, 5.74) is 8.94. The lowest BCUT2D eigenvalue weighted by Gasteiger charge is -2.04. The quantitative estimate of drug-likeness (QED) is 0.841. The molecule has 84 valence electrons. The van der Waals surface area contributed by atoms with E-state index in [0.29, 0.717) is 6.54 Å². The molecule has 0 bridgehead atoms. The second-order valence-electron chi connectivity index (χ2n) is 3.79. The van der Waals surface area contributed by atoms with Crippen molar-refractivity contribution < 1.29 is 0 Å². The highest BCUT2D eigenvalue weighted by Crippen LogP contribution is 2.22. The maximum atomic E-state index is 5.63. The molecule has 0 amide bonds. The first-order valence-electron chi connectivity index (χ1n) is 5.36. The van der Waals surface area contributed by atoms with E-state index in [2.05, 4.69) is 14.5 Å². The van der Waals surface area contributed by atoms with Crippen LogP contribution in [0.3, 0.4) is 0 Å². The van der Waals surface area contributed by atoms with Gasteiger partial charge in [-0.3, -0.25) is 4.98 Å². The number of imidazole rings is 1. The second-order valence-corrected chi connectivity index (χ2v) is 3.79. The fourth-order valence-corrected chi connectivity index (χ4v) is 1.82. The minimum absolute atomic E-state index is 0.636. The summed E-state index contributed by atoms with van der Waals surface area (Å²) in [7, 11) is 2.03. The molecule has 2 rings (SSSR count). The number of pyridine rings is 1. The van der Waals surface area contributed by atoms with Crippen LogP contribution in [0.1, 0.15) is 11.5 Å². The minimum atomic E-state index is 0.636. The van der Waals surface area contributed by atoms with Crippen molar-refractivity contribution in [1.29, 1.82) is 0 Å². The Hall–Kier alpha value is -1.68. The Bertz CT molecular complexity index is 473. The summed E-state index contributed by atoms with van der Waals surface area (Å²) >= 11 is 0. The molecule has 4 heteroatoms. The van der Waals surface area contributed by atoms with E-state index >= 15 is 0 Å². The van der Waals surface area contributed by atoms with Gasteiger partial charge in [0.1, 0.15) is 5.82 Å². The van der Waals surface area contributed by atoms with Gasteiger partial charge in [0.05, 0.1) is 5.69 Å². The van der Waals surface area contributed by atoms with Gasteiger partial charge in [-0.15, -0.1) is 0 Å². The van der Waals surface area contributed by atoms with E-state index in [0.717, 1.165) is 23.5 Å². The third kappa shape index (κ3) is 1.84. The first-order valence-corrected chi connectivity index (χ1v) is 5.36. The zero-order valence-corrected chi connectivity index (χ0v) is 9.64. The van der Waals surface area contributed by atoms with Crippen LogP contribution >= 0.6 is 0 Å². The molecule has 0 saturated carbocycles. The van der Waals surface area contributed by atoms with Gasteiger partial charge in [-0.2, -0.15) is 0 Å². The normalized spacial score (nSPS) is 10.7. The van der Waals surface area contributed by atoms with Gasteiger partial charge in [-0.05, 0) is 25.6 Å². The van der Waals surface area contributed by atoms with E-state index in [4.69, 9.17) is 5.73 Å². The number of aromatic nitrogens is 3. The highest BCUT2D eigenvalue weighted by Gasteiger charge is 2.12. The Labute approximate surface area is 95.1 Å². The van der Waals surface area contributed by atoms with Crippen molar-refractivity contribution in [2.75, 3.05) is 6.54 Å². The number of nitrogens with zero attached hydrogens (tertiary/aromatic N) is 3. The van der Waals surface area contributed by atoms with Crippen LogP contribution in [0.2, 0.25) is 0 Å². The van der Waals surface area contributed by atoms with E-state index < -0.39 is 0 Å². The largest absolute Gasteiger partial charge is 0.335 e. The van der Waals surface area contributed by atoms with Crippen LogP contribution < -0.4 is 5.73 Å². The molecular weight excluding hydrogens is 200 g/mol. The molecule has 2 aromatic heterocycles. The molecule has 0 spiro atoms. The van der Waals surface area contributed by atoms with Crippen molar-refractivity contribution >= 4 is 0 Å². The molecule has 0 aliphatic rings. The number of aryl methyl sites for hydroxylation is 1. The Balaban J connectivity index is 2.52. The number of rotatable bonds is 3. The summed E-state index contributed by atoms with van der Waals surface area (Å²) in [6, 6.07) is 3.95. The number of hydrogen-bond donors (Lipinski definition) is 1. The van der Waals surface area contributed by atoms with Crippen LogP contribution in [0.25, 0.3) is 11.3 Å². The van der Waals surface area contributed by atoms with Crippen molar-refractivity contribution in [3.63, 3.8) is 0 Å².